The number of amides is 1. The smallest absolute Gasteiger partial charge is 0.329 e. The van der Waals surface area contributed by atoms with Crippen molar-refractivity contribution < 1.29 is 4.79 Å². The van der Waals surface area contributed by atoms with Crippen molar-refractivity contribution in [3.63, 3.8) is 0 Å². The summed E-state index contributed by atoms with van der Waals surface area (Å²) in [5.74, 6) is 0.356. The summed E-state index contributed by atoms with van der Waals surface area (Å²) in [6, 6.07) is 5.33. The van der Waals surface area contributed by atoms with Crippen LogP contribution in [0.4, 0.5) is 5.82 Å². The Bertz CT molecular complexity index is 1230. The van der Waals surface area contributed by atoms with Gasteiger partial charge in [0.25, 0.3) is 11.5 Å². The Morgan fingerprint density at radius 2 is 2.03 bits per heavy atom. The van der Waals surface area contributed by atoms with Gasteiger partial charge in [0.2, 0.25) is 0 Å². The van der Waals surface area contributed by atoms with Gasteiger partial charge in [-0.25, -0.2) is 14.8 Å². The van der Waals surface area contributed by atoms with Gasteiger partial charge in [0, 0.05) is 44.6 Å². The molecule has 0 aliphatic carbocycles. The second-order valence-electron chi connectivity index (χ2n) is 7.92. The molecule has 0 atom stereocenters. The van der Waals surface area contributed by atoms with Crippen molar-refractivity contribution in [2.45, 2.75) is 46.2 Å². The van der Waals surface area contributed by atoms with Crippen molar-refractivity contribution in [1.82, 2.24) is 24.8 Å². The van der Waals surface area contributed by atoms with Crippen LogP contribution in [0.3, 0.4) is 0 Å². The molecule has 3 aromatic heterocycles. The first-order valence-corrected chi connectivity index (χ1v) is 10.3. The Morgan fingerprint density at radius 3 is 2.68 bits per heavy atom. The lowest BCUT2D eigenvalue weighted by molar-refractivity contribution is 0.0952. The van der Waals surface area contributed by atoms with Crippen molar-refractivity contribution in [3.05, 3.63) is 62.1 Å². The molecule has 0 saturated carbocycles. The molecule has 0 aliphatic heterocycles. The van der Waals surface area contributed by atoms with Crippen LogP contribution in [0.2, 0.25) is 0 Å². The predicted octanol–water partition coefficient (Wildman–Crippen LogP) is 2.01. The van der Waals surface area contributed by atoms with Crippen LogP contribution in [0.1, 0.15) is 54.7 Å². The van der Waals surface area contributed by atoms with Gasteiger partial charge in [-0.3, -0.25) is 19.1 Å². The molecule has 1 amide bonds. The van der Waals surface area contributed by atoms with Gasteiger partial charge in [-0.2, -0.15) is 0 Å². The molecule has 31 heavy (non-hydrogen) atoms. The Labute approximate surface area is 180 Å². The first-order valence-electron chi connectivity index (χ1n) is 10.3. The number of hydrogen-bond donors (Lipinski definition) is 2. The highest BCUT2D eigenvalue weighted by Crippen LogP contribution is 2.20. The zero-order valence-corrected chi connectivity index (χ0v) is 18.5. The zero-order chi connectivity index (χ0) is 22.7. The standard InChI is InChI=1S/C22H28N6O3/c1-6-10-28-19-17(21(30)26-22(28)31)15(11-16(25-19)13(2)3)20(29)24-12-14-8-7-9-23-18(14)27(4)5/h7-9,11,13H,6,10,12H2,1-5H3,(H,24,29)(H,26,30,31). The van der Waals surface area contributed by atoms with Gasteiger partial charge in [-0.1, -0.05) is 26.8 Å². The van der Waals surface area contributed by atoms with E-state index in [0.29, 0.717) is 18.7 Å². The number of hydrogen-bond acceptors (Lipinski definition) is 6. The van der Waals surface area contributed by atoms with E-state index < -0.39 is 17.2 Å². The Kier molecular flexibility index (Phi) is 6.53. The highest BCUT2D eigenvalue weighted by atomic mass is 16.2. The van der Waals surface area contributed by atoms with E-state index in [1.165, 1.54) is 4.57 Å². The molecule has 164 valence electrons. The van der Waals surface area contributed by atoms with Crippen molar-refractivity contribution in [2.24, 2.45) is 0 Å². The summed E-state index contributed by atoms with van der Waals surface area (Å²) >= 11 is 0. The van der Waals surface area contributed by atoms with E-state index in [1.54, 1.807) is 18.3 Å². The van der Waals surface area contributed by atoms with Crippen LogP contribution >= 0.6 is 0 Å². The molecule has 0 aliphatic rings. The molecule has 0 fully saturated rings. The van der Waals surface area contributed by atoms with Gasteiger partial charge >= 0.3 is 5.69 Å². The Morgan fingerprint density at radius 1 is 1.29 bits per heavy atom. The van der Waals surface area contributed by atoms with Crippen LogP contribution < -0.4 is 21.5 Å². The normalized spacial score (nSPS) is 11.2. The number of carbonyl (C=O) groups is 1. The molecule has 9 nitrogen and oxygen atoms in total. The molecule has 0 unspecified atom stereocenters. The van der Waals surface area contributed by atoms with Crippen LogP contribution in [0.15, 0.2) is 34.0 Å². The number of H-pyrrole nitrogens is 1. The molecule has 3 aromatic rings. The fourth-order valence-electron chi connectivity index (χ4n) is 3.44. The zero-order valence-electron chi connectivity index (χ0n) is 18.5. The summed E-state index contributed by atoms with van der Waals surface area (Å²) in [7, 11) is 3.76. The van der Waals surface area contributed by atoms with Gasteiger partial charge < -0.3 is 10.2 Å². The van der Waals surface area contributed by atoms with Crippen molar-refractivity contribution in [3.8, 4) is 0 Å². The SMILES string of the molecule is CCCn1c(=O)[nH]c(=O)c2c(C(=O)NCc3cccnc3N(C)C)cc(C(C)C)nc21. The van der Waals surface area contributed by atoms with E-state index in [9.17, 15) is 14.4 Å². The van der Waals surface area contributed by atoms with E-state index >= 15 is 0 Å². The molecule has 0 saturated heterocycles. The lowest BCUT2D eigenvalue weighted by Crippen LogP contribution is -2.33. The summed E-state index contributed by atoms with van der Waals surface area (Å²) < 4.78 is 1.42. The lowest BCUT2D eigenvalue weighted by Gasteiger charge is -2.17. The predicted molar refractivity (Wildman–Crippen MR) is 121 cm³/mol. The largest absolute Gasteiger partial charge is 0.362 e. The summed E-state index contributed by atoms with van der Waals surface area (Å²) in [6.07, 6.45) is 2.38. The van der Waals surface area contributed by atoms with E-state index in [0.717, 1.165) is 11.4 Å². The maximum atomic E-state index is 13.2. The third kappa shape index (κ3) is 4.50. The number of pyridine rings is 2. The van der Waals surface area contributed by atoms with Crippen LogP contribution in [-0.4, -0.2) is 39.5 Å². The first-order chi connectivity index (χ1) is 14.7. The second kappa shape index (κ2) is 9.11. The first kappa shape index (κ1) is 22.2. The fraction of sp³-hybridized carbons (Fsp3) is 0.409. The number of nitrogens with one attached hydrogen (secondary N) is 2. The third-order valence-corrected chi connectivity index (χ3v) is 4.98. The topological polar surface area (TPSA) is 113 Å². The number of aromatic amines is 1. The molecule has 0 bridgehead atoms. The van der Waals surface area contributed by atoms with Gasteiger partial charge in [-0.05, 0) is 24.5 Å². The number of aryl methyl sites for hydroxylation is 1. The Balaban J connectivity index is 2.11. The summed E-state index contributed by atoms with van der Waals surface area (Å²) in [4.78, 5) is 51.3. The molecular formula is C22H28N6O3. The van der Waals surface area contributed by atoms with Crippen LogP contribution in [-0.2, 0) is 13.1 Å². The number of aromatic nitrogens is 4. The van der Waals surface area contributed by atoms with Gasteiger partial charge in [0.1, 0.15) is 5.82 Å². The molecular weight excluding hydrogens is 396 g/mol. The Hall–Kier alpha value is -3.49. The van der Waals surface area contributed by atoms with Crippen LogP contribution in [0.25, 0.3) is 11.0 Å². The van der Waals surface area contributed by atoms with E-state index in [2.05, 4.69) is 20.3 Å². The minimum absolute atomic E-state index is 0.0130. The summed E-state index contributed by atoms with van der Waals surface area (Å²) in [5.41, 5.74) is 0.793. The highest BCUT2D eigenvalue weighted by Gasteiger charge is 2.20. The average Bonchev–Trinajstić information content (AvgIpc) is 2.74. The van der Waals surface area contributed by atoms with Crippen molar-refractivity contribution >= 4 is 22.8 Å². The van der Waals surface area contributed by atoms with E-state index in [1.807, 2.05) is 45.8 Å². The monoisotopic (exact) mass is 424 g/mol. The van der Waals surface area contributed by atoms with E-state index in [-0.39, 0.29) is 29.1 Å². The number of carbonyl (C=O) groups excluding carboxylic acids is 1. The third-order valence-electron chi connectivity index (χ3n) is 4.98. The number of fused-ring (bicyclic) bond motifs is 1. The summed E-state index contributed by atoms with van der Waals surface area (Å²) in [6.45, 7) is 6.46. The van der Waals surface area contributed by atoms with E-state index in [4.69, 9.17) is 0 Å². The van der Waals surface area contributed by atoms with Gasteiger partial charge in [0.15, 0.2) is 5.65 Å². The summed E-state index contributed by atoms with van der Waals surface area (Å²) in [5, 5.41) is 3.01. The average molecular weight is 425 g/mol. The maximum absolute atomic E-state index is 13.2. The lowest BCUT2D eigenvalue weighted by atomic mass is 10.0. The maximum Gasteiger partial charge on any atom is 0.329 e. The van der Waals surface area contributed by atoms with Crippen molar-refractivity contribution in [2.75, 3.05) is 19.0 Å². The van der Waals surface area contributed by atoms with Crippen LogP contribution in [0.5, 0.6) is 0 Å². The molecule has 3 rings (SSSR count). The van der Waals surface area contributed by atoms with Gasteiger partial charge in [0.05, 0.1) is 10.9 Å². The van der Waals surface area contributed by atoms with Crippen molar-refractivity contribution in [1.29, 1.82) is 0 Å². The molecule has 0 spiro atoms. The quantitative estimate of drug-likeness (QED) is 0.600. The molecule has 0 radical (unpaired) electrons. The number of nitrogens with zero attached hydrogens (tertiary/aromatic N) is 4. The minimum atomic E-state index is -0.615. The molecule has 3 heterocycles. The second-order valence-corrected chi connectivity index (χ2v) is 7.92. The fourth-order valence-corrected chi connectivity index (χ4v) is 3.44. The molecule has 2 N–H and O–H groups in total. The van der Waals surface area contributed by atoms with Crippen LogP contribution in [0, 0.1) is 0 Å². The molecule has 0 aromatic carbocycles. The minimum Gasteiger partial charge on any atom is -0.362 e. The number of rotatable bonds is 7. The highest BCUT2D eigenvalue weighted by molar-refractivity contribution is 6.05. The molecule has 9 heteroatoms. The van der Waals surface area contributed by atoms with Gasteiger partial charge in [-0.15, -0.1) is 0 Å². The number of anilines is 1.